The summed E-state index contributed by atoms with van der Waals surface area (Å²) in [5.74, 6) is -0.213. The number of amides is 1. The van der Waals surface area contributed by atoms with Crippen LogP contribution in [-0.2, 0) is 18.4 Å². The molecule has 0 saturated heterocycles. The van der Waals surface area contributed by atoms with Crippen molar-refractivity contribution in [2.75, 3.05) is 40.9 Å². The zero-order valence-electron chi connectivity index (χ0n) is 30.5. The third-order valence-corrected chi connectivity index (χ3v) is 9.10. The van der Waals surface area contributed by atoms with E-state index < -0.39 is 20.0 Å². The number of quaternary nitrogens is 1. The van der Waals surface area contributed by atoms with Crippen LogP contribution in [0.4, 0.5) is 0 Å². The van der Waals surface area contributed by atoms with Gasteiger partial charge in [-0.15, -0.1) is 0 Å². The van der Waals surface area contributed by atoms with Crippen LogP contribution >= 0.6 is 7.82 Å². The summed E-state index contributed by atoms with van der Waals surface area (Å²) in [4.78, 5) is 24.8. The molecule has 272 valence electrons. The first-order chi connectivity index (χ1) is 22.0. The lowest BCUT2D eigenvalue weighted by Gasteiger charge is -2.29. The van der Waals surface area contributed by atoms with E-state index in [0.717, 1.165) is 32.1 Å². The zero-order chi connectivity index (χ0) is 34.4. The van der Waals surface area contributed by atoms with Crippen LogP contribution in [0.5, 0.6) is 0 Å². The minimum Gasteiger partial charge on any atom is -0.756 e. The maximum absolute atomic E-state index is 12.6. The lowest BCUT2D eigenvalue weighted by atomic mass is 10.0. The molecule has 9 heteroatoms. The number of hydrogen-bond acceptors (Lipinski definition) is 6. The van der Waals surface area contributed by atoms with E-state index in [2.05, 4.69) is 24.4 Å². The number of aliphatic hydroxyl groups excluding tert-OH is 1. The molecule has 0 bridgehead atoms. The second-order valence-electron chi connectivity index (χ2n) is 13.9. The van der Waals surface area contributed by atoms with Crippen molar-refractivity contribution in [1.82, 2.24) is 5.32 Å². The third kappa shape index (κ3) is 31.6. The van der Waals surface area contributed by atoms with E-state index in [1.165, 1.54) is 103 Å². The minimum atomic E-state index is -4.56. The Labute approximate surface area is 284 Å². The molecule has 0 heterocycles. The van der Waals surface area contributed by atoms with Gasteiger partial charge in [0, 0.05) is 6.42 Å². The molecular formula is C37H73N2O6P. The van der Waals surface area contributed by atoms with Gasteiger partial charge in [-0.1, -0.05) is 134 Å². The Bertz CT molecular complexity index is 814. The number of hydrogen-bond donors (Lipinski definition) is 2. The Balaban J connectivity index is 4.02. The first-order valence-corrected chi connectivity index (χ1v) is 20.2. The SMILES string of the molecule is CCC/C=C/C(O)C(COP(=O)([O-])OCC[N+](C)(C)C)NC(=O)CCCCCCCCCCC/C=C\CCCCCCCCCC. The van der Waals surface area contributed by atoms with Crippen molar-refractivity contribution in [2.24, 2.45) is 0 Å². The first-order valence-electron chi connectivity index (χ1n) is 18.7. The largest absolute Gasteiger partial charge is 0.756 e. The Kier molecular flexibility index (Phi) is 29.4. The summed E-state index contributed by atoms with van der Waals surface area (Å²) in [5.41, 5.74) is 0. The van der Waals surface area contributed by atoms with Crippen LogP contribution in [0.15, 0.2) is 24.3 Å². The van der Waals surface area contributed by atoms with E-state index >= 15 is 0 Å². The van der Waals surface area contributed by atoms with Crippen LogP contribution in [-0.4, -0.2) is 68.5 Å². The number of nitrogens with one attached hydrogen (secondary N) is 1. The van der Waals surface area contributed by atoms with E-state index in [-0.39, 0.29) is 19.1 Å². The normalized spacial score (nSPS) is 15.0. The predicted octanol–water partition coefficient (Wildman–Crippen LogP) is 8.77. The second-order valence-corrected chi connectivity index (χ2v) is 15.3. The molecule has 0 aliphatic rings. The average molecular weight is 673 g/mol. The molecular weight excluding hydrogens is 599 g/mol. The molecule has 0 spiro atoms. The van der Waals surface area contributed by atoms with Gasteiger partial charge in [0.2, 0.25) is 5.91 Å². The van der Waals surface area contributed by atoms with Crippen LogP contribution in [0.25, 0.3) is 0 Å². The fraction of sp³-hybridized carbons (Fsp3) is 0.865. The number of unbranched alkanes of at least 4 members (excludes halogenated alkanes) is 18. The maximum atomic E-state index is 12.6. The quantitative estimate of drug-likeness (QED) is 0.0312. The van der Waals surface area contributed by atoms with Gasteiger partial charge in [0.1, 0.15) is 13.2 Å². The molecule has 3 unspecified atom stereocenters. The van der Waals surface area contributed by atoms with Crippen molar-refractivity contribution in [3.63, 3.8) is 0 Å². The van der Waals surface area contributed by atoms with Gasteiger partial charge in [-0.2, -0.15) is 0 Å². The Morgan fingerprint density at radius 1 is 0.739 bits per heavy atom. The molecule has 46 heavy (non-hydrogen) atoms. The molecule has 0 fully saturated rings. The number of phosphoric acid groups is 1. The molecule has 0 radical (unpaired) electrons. The lowest BCUT2D eigenvalue weighted by Crippen LogP contribution is -2.45. The minimum absolute atomic E-state index is 0.00265. The van der Waals surface area contributed by atoms with Crippen molar-refractivity contribution < 1.29 is 32.9 Å². The number of likely N-dealkylation sites (N-methyl/N-ethyl adjacent to an activating group) is 1. The molecule has 1 amide bonds. The summed E-state index contributed by atoms with van der Waals surface area (Å²) < 4.78 is 22.8. The van der Waals surface area contributed by atoms with Gasteiger partial charge in [0.25, 0.3) is 7.82 Å². The second kappa shape index (κ2) is 30.1. The van der Waals surface area contributed by atoms with Crippen LogP contribution in [0.2, 0.25) is 0 Å². The smallest absolute Gasteiger partial charge is 0.268 e. The van der Waals surface area contributed by atoms with Crippen molar-refractivity contribution in [1.29, 1.82) is 0 Å². The van der Waals surface area contributed by atoms with Gasteiger partial charge in [0.15, 0.2) is 0 Å². The van der Waals surface area contributed by atoms with Crippen molar-refractivity contribution in [3.8, 4) is 0 Å². The molecule has 2 N–H and O–H groups in total. The summed E-state index contributed by atoms with van der Waals surface area (Å²) in [6.45, 7) is 4.41. The topological polar surface area (TPSA) is 108 Å². The highest BCUT2D eigenvalue weighted by Gasteiger charge is 2.23. The van der Waals surface area contributed by atoms with Crippen LogP contribution in [0.3, 0.4) is 0 Å². The monoisotopic (exact) mass is 673 g/mol. The number of allylic oxidation sites excluding steroid dienone is 3. The molecule has 0 aromatic carbocycles. The zero-order valence-corrected chi connectivity index (χ0v) is 31.4. The molecule has 3 atom stereocenters. The fourth-order valence-electron chi connectivity index (χ4n) is 5.09. The first kappa shape index (κ1) is 45.0. The van der Waals surface area contributed by atoms with Crippen molar-refractivity contribution in [2.45, 2.75) is 167 Å². The summed E-state index contributed by atoms with van der Waals surface area (Å²) in [6.07, 6.45) is 33.1. The average Bonchev–Trinajstić information content (AvgIpc) is 2.99. The molecule has 0 aliphatic heterocycles. The number of nitrogens with zero attached hydrogens (tertiary/aromatic N) is 1. The highest BCUT2D eigenvalue weighted by molar-refractivity contribution is 7.45. The highest BCUT2D eigenvalue weighted by atomic mass is 31.2. The summed E-state index contributed by atoms with van der Waals surface area (Å²) in [5, 5.41) is 13.4. The van der Waals surface area contributed by atoms with Crippen LogP contribution < -0.4 is 10.2 Å². The van der Waals surface area contributed by atoms with E-state index in [4.69, 9.17) is 9.05 Å². The van der Waals surface area contributed by atoms with E-state index in [9.17, 15) is 19.4 Å². The Morgan fingerprint density at radius 2 is 1.24 bits per heavy atom. The molecule has 0 aliphatic carbocycles. The summed E-state index contributed by atoms with van der Waals surface area (Å²) >= 11 is 0. The van der Waals surface area contributed by atoms with Gasteiger partial charge >= 0.3 is 0 Å². The number of aliphatic hydroxyl groups is 1. The number of carbonyl (C=O) groups excluding carboxylic acids is 1. The van der Waals surface area contributed by atoms with Gasteiger partial charge in [-0.3, -0.25) is 9.36 Å². The van der Waals surface area contributed by atoms with Crippen molar-refractivity contribution in [3.05, 3.63) is 24.3 Å². The number of carbonyl (C=O) groups is 1. The van der Waals surface area contributed by atoms with E-state index in [0.29, 0.717) is 17.4 Å². The third-order valence-electron chi connectivity index (χ3n) is 8.14. The van der Waals surface area contributed by atoms with Gasteiger partial charge in [-0.25, -0.2) is 0 Å². The van der Waals surface area contributed by atoms with Gasteiger partial charge in [-0.05, 0) is 38.5 Å². The lowest BCUT2D eigenvalue weighted by molar-refractivity contribution is -0.870. The van der Waals surface area contributed by atoms with Gasteiger partial charge in [0.05, 0.1) is 39.9 Å². The van der Waals surface area contributed by atoms with Crippen LogP contribution in [0.1, 0.15) is 155 Å². The molecule has 0 rings (SSSR count). The number of phosphoric ester groups is 1. The van der Waals surface area contributed by atoms with E-state index in [1.807, 2.05) is 34.1 Å². The maximum Gasteiger partial charge on any atom is 0.268 e. The van der Waals surface area contributed by atoms with Crippen LogP contribution in [0, 0.1) is 0 Å². The Morgan fingerprint density at radius 3 is 1.74 bits per heavy atom. The predicted molar refractivity (Wildman–Crippen MR) is 192 cm³/mol. The standard InChI is InChI=1S/C37H73N2O6P/c1-6-8-10-11-12-13-14-15-16-17-18-19-20-21-22-23-24-25-26-27-29-31-37(41)38-35(36(40)30-28-9-7-2)34-45-46(42,43)44-33-32-39(3,4)5/h17-18,28,30,35-36,40H,6-16,19-27,29,31-34H2,1-5H3,(H-,38,41,42,43)/b18-17-,30-28+. The molecule has 0 saturated carbocycles. The fourth-order valence-corrected chi connectivity index (χ4v) is 5.82. The number of rotatable bonds is 33. The highest BCUT2D eigenvalue weighted by Crippen LogP contribution is 2.38. The van der Waals surface area contributed by atoms with E-state index in [1.54, 1.807) is 6.08 Å². The molecule has 0 aromatic heterocycles. The van der Waals surface area contributed by atoms with Gasteiger partial charge < -0.3 is 28.8 Å². The molecule has 8 nitrogen and oxygen atoms in total. The Hall–Kier alpha value is -1.02. The summed E-state index contributed by atoms with van der Waals surface area (Å²) in [7, 11) is 1.25. The molecule has 0 aromatic rings. The van der Waals surface area contributed by atoms with Crippen molar-refractivity contribution >= 4 is 13.7 Å². The summed E-state index contributed by atoms with van der Waals surface area (Å²) in [6, 6.07) is -0.879.